The molecule has 0 unspecified atom stereocenters. The molecule has 2 aromatic heterocycles. The van der Waals surface area contributed by atoms with E-state index in [0.717, 1.165) is 52.4 Å². The molecule has 162 valence electrons. The first-order valence-electron chi connectivity index (χ1n) is 10.5. The number of anilines is 4. The summed E-state index contributed by atoms with van der Waals surface area (Å²) in [4.78, 5) is 24.3. The lowest BCUT2D eigenvalue weighted by Crippen LogP contribution is -2.31. The molecule has 0 radical (unpaired) electrons. The van der Waals surface area contributed by atoms with Gasteiger partial charge in [-0.15, -0.1) is 0 Å². The van der Waals surface area contributed by atoms with Crippen LogP contribution in [0.25, 0.3) is 0 Å². The number of carbonyl (C=O) groups is 1. The molecule has 31 heavy (non-hydrogen) atoms. The van der Waals surface area contributed by atoms with Crippen LogP contribution in [0.4, 0.5) is 23.1 Å². The average Bonchev–Trinajstić information content (AvgIpc) is 3.16. The molecule has 3 aromatic rings. The molecule has 0 saturated carbocycles. The van der Waals surface area contributed by atoms with Crippen molar-refractivity contribution in [1.29, 1.82) is 0 Å². The first-order chi connectivity index (χ1) is 15.0. The van der Waals surface area contributed by atoms with Gasteiger partial charge in [0.25, 0.3) is 0 Å². The summed E-state index contributed by atoms with van der Waals surface area (Å²) in [6, 6.07) is 9.65. The van der Waals surface area contributed by atoms with Gasteiger partial charge in [-0.25, -0.2) is 9.97 Å². The van der Waals surface area contributed by atoms with Gasteiger partial charge in [-0.1, -0.05) is 0 Å². The highest BCUT2D eigenvalue weighted by molar-refractivity contribution is 7.99. The lowest BCUT2D eigenvalue weighted by molar-refractivity contribution is -0.114. The molecule has 1 aliphatic heterocycles. The first kappa shape index (κ1) is 21.2. The maximum absolute atomic E-state index is 11.2. The molecule has 0 aliphatic carbocycles. The fourth-order valence-electron chi connectivity index (χ4n) is 3.58. The number of carbonyl (C=O) groups excluding carboxylic acids is 1. The van der Waals surface area contributed by atoms with E-state index in [-0.39, 0.29) is 5.91 Å². The number of H-pyrrole nitrogens is 1. The van der Waals surface area contributed by atoms with Crippen LogP contribution in [-0.4, -0.2) is 39.2 Å². The summed E-state index contributed by atoms with van der Waals surface area (Å²) < 4.78 is 0. The van der Waals surface area contributed by atoms with Crippen LogP contribution in [-0.2, 0) is 4.79 Å². The van der Waals surface area contributed by atoms with Gasteiger partial charge in [0.15, 0.2) is 11.0 Å². The number of aromatic amines is 1. The van der Waals surface area contributed by atoms with Gasteiger partial charge in [-0.3, -0.25) is 9.89 Å². The molecule has 1 aliphatic rings. The van der Waals surface area contributed by atoms with Crippen LogP contribution in [0.15, 0.2) is 40.4 Å². The predicted molar refractivity (Wildman–Crippen MR) is 124 cm³/mol. The number of amides is 1. The molecule has 1 fully saturated rings. The number of hydrogen-bond donors (Lipinski definition) is 3. The van der Waals surface area contributed by atoms with Gasteiger partial charge in [0.2, 0.25) is 5.91 Å². The maximum Gasteiger partial charge on any atom is 0.221 e. The van der Waals surface area contributed by atoms with Crippen molar-refractivity contribution in [1.82, 2.24) is 20.2 Å². The van der Waals surface area contributed by atoms with E-state index in [1.54, 1.807) is 0 Å². The van der Waals surface area contributed by atoms with Gasteiger partial charge in [-0.2, -0.15) is 5.10 Å². The molecule has 3 heterocycles. The van der Waals surface area contributed by atoms with E-state index in [0.29, 0.717) is 5.16 Å². The number of nitrogens with one attached hydrogen (secondary N) is 3. The van der Waals surface area contributed by atoms with Gasteiger partial charge in [-0.05, 0) is 69.1 Å². The van der Waals surface area contributed by atoms with Crippen LogP contribution >= 0.6 is 11.8 Å². The van der Waals surface area contributed by atoms with Crippen LogP contribution in [0, 0.1) is 13.8 Å². The Hall–Kier alpha value is -3.07. The maximum atomic E-state index is 11.2. The number of piperidine rings is 1. The number of rotatable bonds is 6. The molecular weight excluding hydrogens is 410 g/mol. The van der Waals surface area contributed by atoms with Crippen molar-refractivity contribution in [3.63, 3.8) is 0 Å². The normalized spacial score (nSPS) is 13.8. The van der Waals surface area contributed by atoms with Gasteiger partial charge in [0.05, 0.1) is 0 Å². The molecular formula is C22H27N7OS. The summed E-state index contributed by atoms with van der Waals surface area (Å²) in [7, 11) is 0. The quantitative estimate of drug-likeness (QED) is 0.482. The van der Waals surface area contributed by atoms with E-state index in [2.05, 4.69) is 32.7 Å². The summed E-state index contributed by atoms with van der Waals surface area (Å²) >= 11 is 1.50. The Morgan fingerprint density at radius 1 is 1.10 bits per heavy atom. The second kappa shape index (κ2) is 9.38. The molecule has 1 saturated heterocycles. The molecule has 0 spiro atoms. The first-order valence-corrected chi connectivity index (χ1v) is 11.3. The lowest BCUT2D eigenvalue weighted by atomic mass is 10.1. The smallest absolute Gasteiger partial charge is 0.221 e. The highest BCUT2D eigenvalue weighted by Crippen LogP contribution is 2.33. The van der Waals surface area contributed by atoms with E-state index < -0.39 is 0 Å². The third kappa shape index (κ3) is 5.35. The minimum absolute atomic E-state index is 0.0854. The Kier molecular flexibility index (Phi) is 6.41. The predicted octanol–water partition coefficient (Wildman–Crippen LogP) is 4.66. The minimum Gasteiger partial charge on any atom is -0.356 e. The van der Waals surface area contributed by atoms with Gasteiger partial charge in [0, 0.05) is 47.9 Å². The Balaban J connectivity index is 1.63. The van der Waals surface area contributed by atoms with Crippen LogP contribution in [0.5, 0.6) is 0 Å². The van der Waals surface area contributed by atoms with E-state index >= 15 is 0 Å². The molecule has 4 rings (SSSR count). The largest absolute Gasteiger partial charge is 0.356 e. The van der Waals surface area contributed by atoms with E-state index in [1.165, 1.54) is 37.9 Å². The molecule has 9 heteroatoms. The second-order valence-electron chi connectivity index (χ2n) is 7.72. The minimum atomic E-state index is -0.0854. The Morgan fingerprint density at radius 3 is 2.48 bits per heavy atom. The van der Waals surface area contributed by atoms with Gasteiger partial charge in [0.1, 0.15) is 11.6 Å². The zero-order valence-electron chi connectivity index (χ0n) is 18.0. The van der Waals surface area contributed by atoms with Crippen molar-refractivity contribution in [2.75, 3.05) is 28.6 Å². The van der Waals surface area contributed by atoms with Crippen molar-refractivity contribution in [2.24, 2.45) is 0 Å². The highest BCUT2D eigenvalue weighted by Gasteiger charge is 2.20. The van der Waals surface area contributed by atoms with Crippen LogP contribution in [0.3, 0.4) is 0 Å². The molecule has 0 bridgehead atoms. The van der Waals surface area contributed by atoms with E-state index in [1.807, 2.05) is 37.3 Å². The zero-order chi connectivity index (χ0) is 21.8. The van der Waals surface area contributed by atoms with Crippen molar-refractivity contribution in [3.05, 3.63) is 41.6 Å². The monoisotopic (exact) mass is 437 g/mol. The topological polar surface area (TPSA) is 98.8 Å². The third-order valence-electron chi connectivity index (χ3n) is 5.09. The molecule has 0 atom stereocenters. The summed E-state index contributed by atoms with van der Waals surface area (Å²) in [5.41, 5.74) is 2.78. The average molecular weight is 438 g/mol. The molecule has 8 nitrogen and oxygen atoms in total. The Labute approximate surface area is 186 Å². The standard InChI is InChI=1S/C22H27N7OS/c1-14-13-19(28-27-14)24-20-15(2)21(29-11-5-4-6-12-29)26-22(25-20)31-18-9-7-17(8-10-18)23-16(3)30/h7-10,13H,4-6,11-12H2,1-3H3,(H,23,30)(H2,24,25,26,27,28). The zero-order valence-corrected chi connectivity index (χ0v) is 18.8. The molecule has 1 aromatic carbocycles. The van der Waals surface area contributed by atoms with Crippen LogP contribution < -0.4 is 15.5 Å². The van der Waals surface area contributed by atoms with E-state index in [9.17, 15) is 4.79 Å². The number of hydrogen-bond acceptors (Lipinski definition) is 7. The van der Waals surface area contributed by atoms with Crippen molar-refractivity contribution in [3.8, 4) is 0 Å². The summed E-state index contributed by atoms with van der Waals surface area (Å²) in [6.45, 7) is 7.54. The van der Waals surface area contributed by atoms with Crippen LogP contribution in [0.2, 0.25) is 0 Å². The van der Waals surface area contributed by atoms with Crippen molar-refractivity contribution in [2.45, 2.75) is 50.1 Å². The molecule has 3 N–H and O–H groups in total. The van der Waals surface area contributed by atoms with Gasteiger partial charge < -0.3 is 15.5 Å². The number of nitrogens with zero attached hydrogens (tertiary/aromatic N) is 4. The van der Waals surface area contributed by atoms with E-state index in [4.69, 9.17) is 9.97 Å². The molecule has 1 amide bonds. The van der Waals surface area contributed by atoms with Crippen molar-refractivity contribution >= 4 is 40.8 Å². The highest BCUT2D eigenvalue weighted by atomic mass is 32.2. The fraction of sp³-hybridized carbons (Fsp3) is 0.364. The second-order valence-corrected chi connectivity index (χ2v) is 8.76. The number of aryl methyl sites for hydroxylation is 1. The summed E-state index contributed by atoms with van der Waals surface area (Å²) in [5, 5.41) is 14.1. The fourth-order valence-corrected chi connectivity index (χ4v) is 4.34. The summed E-state index contributed by atoms with van der Waals surface area (Å²) in [5.74, 6) is 2.39. The lowest BCUT2D eigenvalue weighted by Gasteiger charge is -2.29. The number of aromatic nitrogens is 4. The Bertz CT molecular complexity index is 1060. The summed E-state index contributed by atoms with van der Waals surface area (Å²) in [6.07, 6.45) is 3.62. The van der Waals surface area contributed by atoms with Crippen LogP contribution in [0.1, 0.15) is 37.4 Å². The Morgan fingerprint density at radius 2 is 1.84 bits per heavy atom. The third-order valence-corrected chi connectivity index (χ3v) is 5.96. The van der Waals surface area contributed by atoms with Crippen molar-refractivity contribution < 1.29 is 4.79 Å². The SMILES string of the molecule is CC(=O)Nc1ccc(Sc2nc(Nc3cc(C)[nH]n3)c(C)c(N3CCCCC3)n2)cc1. The van der Waals surface area contributed by atoms with Gasteiger partial charge >= 0.3 is 0 Å². The number of benzene rings is 1.